The van der Waals surface area contributed by atoms with E-state index in [4.69, 9.17) is 10.5 Å². The first-order chi connectivity index (χ1) is 8.77. The van der Waals surface area contributed by atoms with Gasteiger partial charge in [-0.05, 0) is 13.0 Å². The van der Waals surface area contributed by atoms with E-state index in [0.29, 0.717) is 5.82 Å². The predicted molar refractivity (Wildman–Crippen MR) is 69.6 cm³/mol. The van der Waals surface area contributed by atoms with E-state index < -0.39 is 0 Å². The Balaban J connectivity index is 1.71. The maximum absolute atomic E-state index is 11.2. The molecule has 7 heteroatoms. The van der Waals surface area contributed by atoms with Gasteiger partial charge >= 0.3 is 0 Å². The Morgan fingerprint density at radius 1 is 1.50 bits per heavy atom. The number of aromatic nitrogens is 2. The first-order valence-corrected chi connectivity index (χ1v) is 6.14. The lowest BCUT2D eigenvalue weighted by Crippen LogP contribution is -2.37. The third-order valence-corrected chi connectivity index (χ3v) is 2.94. The highest BCUT2D eigenvalue weighted by Gasteiger charge is 2.09. The summed E-state index contributed by atoms with van der Waals surface area (Å²) >= 11 is 0. The van der Waals surface area contributed by atoms with Gasteiger partial charge in [-0.2, -0.15) is 0 Å². The van der Waals surface area contributed by atoms with Crippen LogP contribution in [-0.2, 0) is 4.74 Å². The van der Waals surface area contributed by atoms with E-state index >= 15 is 0 Å². The molecular formula is C11H19N5O2. The average Bonchev–Trinajstić information content (AvgIpc) is 2.40. The first kappa shape index (κ1) is 12.8. The Morgan fingerprint density at radius 2 is 2.28 bits per heavy atom. The van der Waals surface area contributed by atoms with Crippen molar-refractivity contribution in [3.63, 3.8) is 0 Å². The van der Waals surface area contributed by atoms with Crippen molar-refractivity contribution in [2.75, 3.05) is 50.4 Å². The number of rotatable bonds is 5. The molecule has 0 aromatic carbocycles. The highest BCUT2D eigenvalue weighted by Crippen LogP contribution is 2.07. The van der Waals surface area contributed by atoms with E-state index in [0.717, 1.165) is 45.8 Å². The summed E-state index contributed by atoms with van der Waals surface area (Å²) in [5.41, 5.74) is 5.45. The third kappa shape index (κ3) is 3.44. The minimum Gasteiger partial charge on any atom is -0.391 e. The number of nitrogens with one attached hydrogen (secondary N) is 2. The number of nitrogens with two attached hydrogens (primary N) is 1. The summed E-state index contributed by atoms with van der Waals surface area (Å²) in [5, 5.41) is 3.08. The Labute approximate surface area is 105 Å². The van der Waals surface area contributed by atoms with Gasteiger partial charge in [-0.15, -0.1) is 0 Å². The lowest BCUT2D eigenvalue weighted by molar-refractivity contribution is 0.0378. The molecule has 0 radical (unpaired) electrons. The number of aromatic amines is 1. The van der Waals surface area contributed by atoms with Gasteiger partial charge in [-0.3, -0.25) is 9.69 Å². The van der Waals surface area contributed by atoms with Crippen LogP contribution in [0.4, 0.5) is 11.5 Å². The second kappa shape index (κ2) is 6.36. The number of hydrogen-bond acceptors (Lipinski definition) is 6. The van der Waals surface area contributed by atoms with Crippen molar-refractivity contribution in [1.82, 2.24) is 14.9 Å². The van der Waals surface area contributed by atoms with Crippen molar-refractivity contribution in [1.29, 1.82) is 0 Å². The van der Waals surface area contributed by atoms with Gasteiger partial charge in [-0.1, -0.05) is 0 Å². The van der Waals surface area contributed by atoms with Gasteiger partial charge in [0.25, 0.3) is 5.56 Å². The van der Waals surface area contributed by atoms with Crippen LogP contribution in [0.5, 0.6) is 0 Å². The number of hydrogen-bond donors (Lipinski definition) is 3. The fourth-order valence-electron chi connectivity index (χ4n) is 1.89. The first-order valence-electron chi connectivity index (χ1n) is 6.14. The van der Waals surface area contributed by atoms with Crippen molar-refractivity contribution >= 4 is 11.5 Å². The molecule has 4 N–H and O–H groups in total. The fourth-order valence-corrected chi connectivity index (χ4v) is 1.89. The van der Waals surface area contributed by atoms with Crippen LogP contribution in [0, 0.1) is 0 Å². The summed E-state index contributed by atoms with van der Waals surface area (Å²) < 4.78 is 5.28. The number of morpholine rings is 1. The Bertz CT molecular complexity index is 428. The highest BCUT2D eigenvalue weighted by molar-refractivity contribution is 5.58. The van der Waals surface area contributed by atoms with Gasteiger partial charge in [0.2, 0.25) is 0 Å². The van der Waals surface area contributed by atoms with Crippen molar-refractivity contribution in [2.45, 2.75) is 6.42 Å². The molecule has 18 heavy (non-hydrogen) atoms. The third-order valence-electron chi connectivity index (χ3n) is 2.94. The molecule has 7 nitrogen and oxygen atoms in total. The molecule has 0 bridgehead atoms. The molecule has 0 atom stereocenters. The molecule has 2 heterocycles. The fraction of sp³-hybridized carbons (Fsp3) is 0.636. The summed E-state index contributed by atoms with van der Waals surface area (Å²) in [5.74, 6) is 0.459. The van der Waals surface area contributed by atoms with E-state index in [1.54, 1.807) is 0 Å². The number of H-pyrrole nitrogens is 1. The molecule has 1 aromatic rings. The zero-order valence-corrected chi connectivity index (χ0v) is 10.3. The molecule has 1 saturated heterocycles. The summed E-state index contributed by atoms with van der Waals surface area (Å²) in [6.45, 7) is 5.38. The van der Waals surface area contributed by atoms with Crippen LogP contribution in [0.1, 0.15) is 6.42 Å². The lowest BCUT2D eigenvalue weighted by Gasteiger charge is -2.26. The number of ether oxygens (including phenoxy) is 1. The molecule has 0 aliphatic carbocycles. The number of anilines is 2. The Kier molecular flexibility index (Phi) is 4.54. The summed E-state index contributed by atoms with van der Waals surface area (Å²) in [4.78, 5) is 20.0. The SMILES string of the molecule is Nc1c(NCCCN2CCOCC2)nc[nH]c1=O. The van der Waals surface area contributed by atoms with E-state index in [2.05, 4.69) is 20.2 Å². The average molecular weight is 253 g/mol. The molecule has 1 aliphatic rings. The predicted octanol–water partition coefficient (Wildman–Crippen LogP) is -0.514. The minimum atomic E-state index is -0.305. The van der Waals surface area contributed by atoms with Crippen molar-refractivity contribution < 1.29 is 4.74 Å². The van der Waals surface area contributed by atoms with Crippen LogP contribution in [0.15, 0.2) is 11.1 Å². The molecule has 2 rings (SSSR count). The van der Waals surface area contributed by atoms with Crippen LogP contribution in [0.3, 0.4) is 0 Å². The molecule has 0 amide bonds. The molecule has 1 aliphatic heterocycles. The van der Waals surface area contributed by atoms with Crippen LogP contribution in [-0.4, -0.2) is 54.3 Å². The van der Waals surface area contributed by atoms with Crippen LogP contribution < -0.4 is 16.6 Å². The normalized spacial score (nSPS) is 16.7. The van der Waals surface area contributed by atoms with E-state index in [1.807, 2.05) is 0 Å². The quantitative estimate of drug-likeness (QED) is 0.611. The Hall–Kier alpha value is -1.60. The summed E-state index contributed by atoms with van der Waals surface area (Å²) in [6, 6.07) is 0. The minimum absolute atomic E-state index is 0.142. The van der Waals surface area contributed by atoms with Crippen molar-refractivity contribution in [2.24, 2.45) is 0 Å². The van der Waals surface area contributed by atoms with Crippen molar-refractivity contribution in [3.8, 4) is 0 Å². The molecule has 0 saturated carbocycles. The largest absolute Gasteiger partial charge is 0.391 e. The van der Waals surface area contributed by atoms with Gasteiger partial charge in [0, 0.05) is 19.6 Å². The van der Waals surface area contributed by atoms with Crippen LogP contribution in [0.25, 0.3) is 0 Å². The zero-order valence-electron chi connectivity index (χ0n) is 10.3. The smallest absolute Gasteiger partial charge is 0.276 e. The topological polar surface area (TPSA) is 96.3 Å². The maximum atomic E-state index is 11.2. The Morgan fingerprint density at radius 3 is 3.06 bits per heavy atom. The van der Waals surface area contributed by atoms with E-state index in [1.165, 1.54) is 6.33 Å². The lowest BCUT2D eigenvalue weighted by atomic mass is 10.3. The van der Waals surface area contributed by atoms with E-state index in [-0.39, 0.29) is 11.2 Å². The van der Waals surface area contributed by atoms with Gasteiger partial charge in [0.1, 0.15) is 5.69 Å². The molecule has 1 aromatic heterocycles. The number of nitrogen functional groups attached to an aromatic ring is 1. The zero-order chi connectivity index (χ0) is 12.8. The second-order valence-electron chi connectivity index (χ2n) is 4.23. The van der Waals surface area contributed by atoms with Gasteiger partial charge in [-0.25, -0.2) is 4.98 Å². The molecule has 0 spiro atoms. The summed E-state index contributed by atoms with van der Waals surface area (Å²) in [7, 11) is 0. The van der Waals surface area contributed by atoms with Crippen LogP contribution >= 0.6 is 0 Å². The van der Waals surface area contributed by atoms with Crippen molar-refractivity contribution in [3.05, 3.63) is 16.7 Å². The highest BCUT2D eigenvalue weighted by atomic mass is 16.5. The maximum Gasteiger partial charge on any atom is 0.276 e. The number of nitrogens with zero attached hydrogens (tertiary/aromatic N) is 2. The summed E-state index contributed by atoms with van der Waals surface area (Å²) in [6.07, 6.45) is 2.33. The van der Waals surface area contributed by atoms with Crippen LogP contribution in [0.2, 0.25) is 0 Å². The van der Waals surface area contributed by atoms with Gasteiger partial charge < -0.3 is 20.8 Å². The van der Waals surface area contributed by atoms with Gasteiger partial charge in [0.15, 0.2) is 5.82 Å². The van der Waals surface area contributed by atoms with Gasteiger partial charge in [0.05, 0.1) is 19.5 Å². The standard InChI is InChI=1S/C11H19N5O2/c12-9-10(14-8-15-11(9)17)13-2-1-3-16-4-6-18-7-5-16/h8H,1-7,12H2,(H2,13,14,15,17). The monoisotopic (exact) mass is 253 g/mol. The molecular weight excluding hydrogens is 234 g/mol. The molecule has 100 valence electrons. The molecule has 1 fully saturated rings. The second-order valence-corrected chi connectivity index (χ2v) is 4.23. The van der Waals surface area contributed by atoms with E-state index in [9.17, 15) is 4.79 Å². The molecule has 0 unspecified atom stereocenters.